The fourth-order valence-corrected chi connectivity index (χ4v) is 2.00. The molecule has 0 unspecified atom stereocenters. The molecule has 0 aliphatic carbocycles. The summed E-state index contributed by atoms with van der Waals surface area (Å²) in [5, 5.41) is 14.0. The standard InChI is InChI=1S/C14H17N3O2/c1-8-7-9(2)14(17-12(19)5-6-15)10(3)13(8)16-11(4)18/h7H,5H2,1-4H3,(H,16,18)(H,17,19). The minimum Gasteiger partial charge on any atom is -0.326 e. The first-order valence-electron chi connectivity index (χ1n) is 5.92. The highest BCUT2D eigenvalue weighted by molar-refractivity contribution is 5.97. The van der Waals surface area contributed by atoms with E-state index in [-0.39, 0.29) is 18.2 Å². The predicted octanol–water partition coefficient (Wildman–Crippen LogP) is 2.42. The third-order valence-corrected chi connectivity index (χ3v) is 2.78. The zero-order valence-electron chi connectivity index (χ0n) is 11.5. The van der Waals surface area contributed by atoms with Crippen LogP contribution in [0, 0.1) is 32.1 Å². The zero-order chi connectivity index (χ0) is 14.6. The Labute approximate surface area is 112 Å². The van der Waals surface area contributed by atoms with Gasteiger partial charge in [0.2, 0.25) is 11.8 Å². The van der Waals surface area contributed by atoms with Crippen LogP contribution in [0.2, 0.25) is 0 Å². The predicted molar refractivity (Wildman–Crippen MR) is 73.8 cm³/mol. The van der Waals surface area contributed by atoms with Gasteiger partial charge < -0.3 is 10.6 Å². The van der Waals surface area contributed by atoms with Crippen molar-refractivity contribution in [1.82, 2.24) is 0 Å². The topological polar surface area (TPSA) is 82.0 Å². The summed E-state index contributed by atoms with van der Waals surface area (Å²) in [6.45, 7) is 7.03. The minimum atomic E-state index is -0.355. The second-order valence-electron chi connectivity index (χ2n) is 4.45. The number of benzene rings is 1. The molecule has 19 heavy (non-hydrogen) atoms. The summed E-state index contributed by atoms with van der Waals surface area (Å²) in [5.74, 6) is -0.518. The van der Waals surface area contributed by atoms with Crippen molar-refractivity contribution < 1.29 is 9.59 Å². The van der Waals surface area contributed by atoms with Crippen LogP contribution in [0.5, 0.6) is 0 Å². The summed E-state index contributed by atoms with van der Waals surface area (Å²) < 4.78 is 0. The number of carbonyl (C=O) groups is 2. The third-order valence-electron chi connectivity index (χ3n) is 2.78. The van der Waals surface area contributed by atoms with Gasteiger partial charge >= 0.3 is 0 Å². The lowest BCUT2D eigenvalue weighted by Crippen LogP contribution is -2.15. The van der Waals surface area contributed by atoms with Crippen molar-refractivity contribution in [3.63, 3.8) is 0 Å². The van der Waals surface area contributed by atoms with E-state index in [1.807, 2.05) is 26.8 Å². The molecular weight excluding hydrogens is 242 g/mol. The maximum atomic E-state index is 11.5. The summed E-state index contributed by atoms with van der Waals surface area (Å²) in [5.41, 5.74) is 3.97. The largest absolute Gasteiger partial charge is 0.326 e. The number of amides is 2. The quantitative estimate of drug-likeness (QED) is 0.874. The van der Waals surface area contributed by atoms with Crippen LogP contribution in [0.4, 0.5) is 11.4 Å². The molecule has 0 heterocycles. The van der Waals surface area contributed by atoms with Gasteiger partial charge in [-0.3, -0.25) is 9.59 Å². The van der Waals surface area contributed by atoms with Crippen molar-refractivity contribution in [2.24, 2.45) is 0 Å². The first kappa shape index (κ1) is 14.7. The smallest absolute Gasteiger partial charge is 0.238 e. The average molecular weight is 259 g/mol. The summed E-state index contributed by atoms with van der Waals surface area (Å²) in [6.07, 6.45) is -0.192. The summed E-state index contributed by atoms with van der Waals surface area (Å²) in [7, 11) is 0. The molecule has 5 heteroatoms. The van der Waals surface area contributed by atoms with E-state index in [9.17, 15) is 9.59 Å². The molecule has 2 amide bonds. The molecule has 2 N–H and O–H groups in total. The van der Waals surface area contributed by atoms with Gasteiger partial charge in [0.05, 0.1) is 6.07 Å². The van der Waals surface area contributed by atoms with Crippen LogP contribution >= 0.6 is 0 Å². The van der Waals surface area contributed by atoms with Crippen molar-refractivity contribution in [3.8, 4) is 6.07 Å². The number of hydrogen-bond acceptors (Lipinski definition) is 3. The normalized spacial score (nSPS) is 9.63. The van der Waals surface area contributed by atoms with E-state index in [1.165, 1.54) is 6.92 Å². The van der Waals surface area contributed by atoms with Crippen LogP contribution in [0.25, 0.3) is 0 Å². The number of carbonyl (C=O) groups excluding carboxylic acids is 2. The van der Waals surface area contributed by atoms with Crippen molar-refractivity contribution in [1.29, 1.82) is 5.26 Å². The monoisotopic (exact) mass is 259 g/mol. The third kappa shape index (κ3) is 3.55. The fourth-order valence-electron chi connectivity index (χ4n) is 2.00. The summed E-state index contributed by atoms with van der Waals surface area (Å²) in [6, 6.07) is 3.69. The van der Waals surface area contributed by atoms with Crippen molar-refractivity contribution in [3.05, 3.63) is 22.8 Å². The lowest BCUT2D eigenvalue weighted by atomic mass is 10.0. The van der Waals surface area contributed by atoms with Gasteiger partial charge in [-0.05, 0) is 37.5 Å². The summed E-state index contributed by atoms with van der Waals surface area (Å²) >= 11 is 0. The van der Waals surface area contributed by atoms with E-state index in [2.05, 4.69) is 10.6 Å². The lowest BCUT2D eigenvalue weighted by Gasteiger charge is -2.17. The maximum Gasteiger partial charge on any atom is 0.238 e. The van der Waals surface area contributed by atoms with Gasteiger partial charge in [0, 0.05) is 18.3 Å². The molecule has 0 spiro atoms. The Kier molecular flexibility index (Phi) is 4.65. The zero-order valence-corrected chi connectivity index (χ0v) is 11.5. The van der Waals surface area contributed by atoms with Gasteiger partial charge in [-0.15, -0.1) is 0 Å². The SMILES string of the molecule is CC(=O)Nc1c(C)cc(C)c(NC(=O)CC#N)c1C. The van der Waals surface area contributed by atoms with E-state index in [0.717, 1.165) is 16.7 Å². The Morgan fingerprint density at radius 2 is 1.68 bits per heavy atom. The van der Waals surface area contributed by atoms with E-state index < -0.39 is 0 Å². The molecule has 0 saturated carbocycles. The van der Waals surface area contributed by atoms with E-state index in [1.54, 1.807) is 6.07 Å². The Balaban J connectivity index is 3.21. The van der Waals surface area contributed by atoms with Crippen LogP contribution in [-0.4, -0.2) is 11.8 Å². The highest BCUT2D eigenvalue weighted by atomic mass is 16.2. The molecule has 0 aliphatic heterocycles. The molecule has 1 rings (SSSR count). The second kappa shape index (κ2) is 6.01. The Morgan fingerprint density at radius 3 is 2.16 bits per heavy atom. The van der Waals surface area contributed by atoms with Crippen LogP contribution in [-0.2, 0) is 9.59 Å². The number of anilines is 2. The highest BCUT2D eigenvalue weighted by Crippen LogP contribution is 2.31. The molecule has 0 aliphatic rings. The number of nitriles is 1. The van der Waals surface area contributed by atoms with Crippen LogP contribution in [0.1, 0.15) is 30.0 Å². The Morgan fingerprint density at radius 1 is 1.16 bits per heavy atom. The molecule has 0 aromatic heterocycles. The Hall–Kier alpha value is -2.35. The van der Waals surface area contributed by atoms with Crippen molar-refractivity contribution in [2.45, 2.75) is 34.1 Å². The molecule has 5 nitrogen and oxygen atoms in total. The molecule has 1 aromatic rings. The number of hydrogen-bond donors (Lipinski definition) is 2. The first-order chi connectivity index (χ1) is 8.86. The number of nitrogens with one attached hydrogen (secondary N) is 2. The van der Waals surface area contributed by atoms with Gasteiger partial charge in [0.25, 0.3) is 0 Å². The number of aryl methyl sites for hydroxylation is 2. The Bertz CT molecular complexity index is 571. The van der Waals surface area contributed by atoms with Crippen LogP contribution in [0.15, 0.2) is 6.07 Å². The van der Waals surface area contributed by atoms with Gasteiger partial charge in [-0.2, -0.15) is 5.26 Å². The van der Waals surface area contributed by atoms with Crippen molar-refractivity contribution in [2.75, 3.05) is 10.6 Å². The van der Waals surface area contributed by atoms with E-state index in [4.69, 9.17) is 5.26 Å². The van der Waals surface area contributed by atoms with Crippen molar-refractivity contribution >= 4 is 23.2 Å². The molecule has 0 radical (unpaired) electrons. The van der Waals surface area contributed by atoms with Gasteiger partial charge in [-0.1, -0.05) is 6.07 Å². The molecule has 1 aromatic carbocycles. The average Bonchev–Trinajstić information content (AvgIpc) is 2.30. The second-order valence-corrected chi connectivity index (χ2v) is 4.45. The fraction of sp³-hybridized carbons (Fsp3) is 0.357. The van der Waals surface area contributed by atoms with Crippen LogP contribution < -0.4 is 10.6 Å². The van der Waals surface area contributed by atoms with E-state index >= 15 is 0 Å². The van der Waals surface area contributed by atoms with Gasteiger partial charge in [-0.25, -0.2) is 0 Å². The van der Waals surface area contributed by atoms with Gasteiger partial charge in [0.1, 0.15) is 6.42 Å². The number of rotatable bonds is 3. The van der Waals surface area contributed by atoms with Crippen LogP contribution in [0.3, 0.4) is 0 Å². The molecule has 0 bridgehead atoms. The molecule has 0 saturated heterocycles. The van der Waals surface area contributed by atoms with Gasteiger partial charge in [0.15, 0.2) is 0 Å². The minimum absolute atomic E-state index is 0.163. The lowest BCUT2D eigenvalue weighted by molar-refractivity contribution is -0.115. The maximum absolute atomic E-state index is 11.5. The van der Waals surface area contributed by atoms with E-state index in [0.29, 0.717) is 11.4 Å². The molecular formula is C14H17N3O2. The highest BCUT2D eigenvalue weighted by Gasteiger charge is 2.13. The molecule has 0 atom stereocenters. The summed E-state index contributed by atoms with van der Waals surface area (Å²) in [4.78, 5) is 22.7. The molecule has 0 fully saturated rings. The molecule has 100 valence electrons. The first-order valence-corrected chi connectivity index (χ1v) is 5.92. The number of nitrogens with zero attached hydrogens (tertiary/aromatic N) is 1.